The van der Waals surface area contributed by atoms with E-state index < -0.39 is 11.4 Å². The molecule has 0 amide bonds. The van der Waals surface area contributed by atoms with Gasteiger partial charge in [-0.15, -0.1) is 0 Å². The van der Waals surface area contributed by atoms with Crippen molar-refractivity contribution in [2.24, 2.45) is 0 Å². The van der Waals surface area contributed by atoms with Gasteiger partial charge in [0, 0.05) is 6.07 Å². The molecule has 0 saturated heterocycles. The third kappa shape index (κ3) is 3.17. The lowest BCUT2D eigenvalue weighted by molar-refractivity contribution is 0.104. The third-order valence-corrected chi connectivity index (χ3v) is 3.60. The average molecular weight is 298 g/mol. The number of hydrogen-bond acceptors (Lipinski definition) is 4. The van der Waals surface area contributed by atoms with Crippen LogP contribution in [-0.2, 0) is 0 Å². The Morgan fingerprint density at radius 1 is 1.05 bits per heavy atom. The first-order valence-electron chi connectivity index (χ1n) is 6.93. The zero-order valence-electron chi connectivity index (χ0n) is 13.1. The Bertz CT molecular complexity index is 826. The van der Waals surface area contributed by atoms with Gasteiger partial charge in [-0.1, -0.05) is 18.2 Å². The van der Waals surface area contributed by atoms with Crippen molar-refractivity contribution in [2.45, 2.75) is 27.7 Å². The van der Waals surface area contributed by atoms with E-state index in [0.717, 1.165) is 16.7 Å². The molecule has 1 N–H and O–H groups in total. The zero-order valence-corrected chi connectivity index (χ0v) is 13.1. The first-order chi connectivity index (χ1) is 10.3. The van der Waals surface area contributed by atoms with Gasteiger partial charge in [0.05, 0.1) is 0 Å². The molecule has 0 spiro atoms. The number of allylic oxidation sites excluding steroid dienone is 1. The topological polar surface area (TPSA) is 67.5 Å². The highest BCUT2D eigenvalue weighted by atomic mass is 16.4. The fourth-order valence-corrected chi connectivity index (χ4v) is 2.23. The fraction of sp³-hybridized carbons (Fsp3) is 0.222. The predicted molar refractivity (Wildman–Crippen MR) is 85.4 cm³/mol. The minimum Gasteiger partial charge on any atom is -0.507 e. The number of hydrogen-bond donors (Lipinski definition) is 1. The quantitative estimate of drug-likeness (QED) is 0.696. The van der Waals surface area contributed by atoms with Crippen molar-refractivity contribution >= 4 is 11.9 Å². The van der Waals surface area contributed by atoms with Crippen molar-refractivity contribution in [3.8, 4) is 5.75 Å². The summed E-state index contributed by atoms with van der Waals surface area (Å²) >= 11 is 0. The monoisotopic (exact) mass is 298 g/mol. The van der Waals surface area contributed by atoms with E-state index >= 15 is 0 Å². The van der Waals surface area contributed by atoms with Gasteiger partial charge in [0.2, 0.25) is 0 Å². The summed E-state index contributed by atoms with van der Waals surface area (Å²) in [6.45, 7) is 7.50. The first kappa shape index (κ1) is 15.8. The van der Waals surface area contributed by atoms with E-state index in [0.29, 0.717) is 0 Å². The van der Waals surface area contributed by atoms with Crippen molar-refractivity contribution in [3.05, 3.63) is 68.3 Å². The summed E-state index contributed by atoms with van der Waals surface area (Å²) in [5.41, 5.74) is 3.06. The van der Waals surface area contributed by atoms with Gasteiger partial charge >= 0.3 is 5.63 Å². The Balaban J connectivity index is 2.38. The van der Waals surface area contributed by atoms with Gasteiger partial charge in [0.1, 0.15) is 17.1 Å². The van der Waals surface area contributed by atoms with E-state index in [2.05, 4.69) is 0 Å². The number of benzene rings is 1. The lowest BCUT2D eigenvalue weighted by Gasteiger charge is -2.06. The van der Waals surface area contributed by atoms with Gasteiger partial charge in [-0.3, -0.25) is 4.79 Å². The molecule has 2 rings (SSSR count). The van der Waals surface area contributed by atoms with Gasteiger partial charge < -0.3 is 9.52 Å². The summed E-state index contributed by atoms with van der Waals surface area (Å²) in [5, 5.41) is 9.76. The van der Waals surface area contributed by atoms with Gasteiger partial charge in [0.25, 0.3) is 0 Å². The maximum atomic E-state index is 12.1. The Hall–Kier alpha value is -2.62. The number of aryl methyl sites for hydroxylation is 4. The highest BCUT2D eigenvalue weighted by Gasteiger charge is 2.15. The van der Waals surface area contributed by atoms with Crippen molar-refractivity contribution in [2.75, 3.05) is 0 Å². The standard InChI is InChI=1S/C18H18O4/c1-10-7-12(3)14(8-11(10)2)5-6-15(19)17-16(20)9-13(4)22-18(17)21/h5-9,20H,1-4H3/b6-5+. The van der Waals surface area contributed by atoms with Crippen LogP contribution in [0.5, 0.6) is 5.75 Å². The largest absolute Gasteiger partial charge is 0.507 e. The third-order valence-electron chi connectivity index (χ3n) is 3.60. The summed E-state index contributed by atoms with van der Waals surface area (Å²) in [6, 6.07) is 5.27. The lowest BCUT2D eigenvalue weighted by atomic mass is 10.00. The molecule has 4 heteroatoms. The minimum absolute atomic E-state index is 0.257. The molecular formula is C18H18O4. The molecule has 0 unspecified atom stereocenters. The normalized spacial score (nSPS) is 11.1. The fourth-order valence-electron chi connectivity index (χ4n) is 2.23. The molecule has 0 fully saturated rings. The average Bonchev–Trinajstić information content (AvgIpc) is 2.40. The van der Waals surface area contributed by atoms with E-state index in [1.165, 1.54) is 24.6 Å². The second-order valence-electron chi connectivity index (χ2n) is 5.40. The molecule has 1 aromatic heterocycles. The Kier molecular flexibility index (Phi) is 4.31. The van der Waals surface area contributed by atoms with Crippen LogP contribution in [0.25, 0.3) is 6.08 Å². The van der Waals surface area contributed by atoms with Crippen LogP contribution in [0.1, 0.15) is 38.4 Å². The molecule has 1 aromatic carbocycles. The highest BCUT2D eigenvalue weighted by molar-refractivity contribution is 6.08. The van der Waals surface area contributed by atoms with Crippen LogP contribution < -0.4 is 5.63 Å². The maximum absolute atomic E-state index is 12.1. The van der Waals surface area contributed by atoms with Crippen LogP contribution in [0.3, 0.4) is 0 Å². The zero-order chi connectivity index (χ0) is 16.4. The smallest absolute Gasteiger partial charge is 0.351 e. The van der Waals surface area contributed by atoms with E-state index in [-0.39, 0.29) is 17.1 Å². The van der Waals surface area contributed by atoms with Crippen LogP contribution in [0, 0.1) is 27.7 Å². The number of ketones is 1. The van der Waals surface area contributed by atoms with Gasteiger partial charge in [-0.05, 0) is 56.0 Å². The Labute approximate surface area is 128 Å². The Morgan fingerprint density at radius 3 is 2.32 bits per heavy atom. The summed E-state index contributed by atoms with van der Waals surface area (Å²) in [7, 11) is 0. The highest BCUT2D eigenvalue weighted by Crippen LogP contribution is 2.19. The second kappa shape index (κ2) is 6.02. The van der Waals surface area contributed by atoms with Gasteiger partial charge in [0.15, 0.2) is 5.78 Å². The van der Waals surface area contributed by atoms with Crippen LogP contribution in [-0.4, -0.2) is 10.9 Å². The molecule has 0 aliphatic heterocycles. The lowest BCUT2D eigenvalue weighted by Crippen LogP contribution is -2.13. The van der Waals surface area contributed by atoms with Crippen molar-refractivity contribution < 1.29 is 14.3 Å². The van der Waals surface area contributed by atoms with E-state index in [1.54, 1.807) is 6.08 Å². The maximum Gasteiger partial charge on any atom is 0.351 e. The van der Waals surface area contributed by atoms with Gasteiger partial charge in [-0.2, -0.15) is 0 Å². The van der Waals surface area contributed by atoms with Crippen LogP contribution >= 0.6 is 0 Å². The molecule has 22 heavy (non-hydrogen) atoms. The molecule has 0 saturated carbocycles. The number of aromatic hydroxyl groups is 1. The van der Waals surface area contributed by atoms with Crippen molar-refractivity contribution in [1.29, 1.82) is 0 Å². The molecule has 0 aliphatic rings. The molecular weight excluding hydrogens is 280 g/mol. The van der Waals surface area contributed by atoms with Gasteiger partial charge in [-0.25, -0.2) is 4.79 Å². The number of carbonyl (C=O) groups is 1. The van der Waals surface area contributed by atoms with E-state index in [4.69, 9.17) is 4.42 Å². The molecule has 2 aromatic rings. The predicted octanol–water partition coefficient (Wildman–Crippen LogP) is 3.48. The number of carbonyl (C=O) groups excluding carboxylic acids is 1. The minimum atomic E-state index is -0.830. The summed E-state index contributed by atoms with van der Waals surface area (Å²) in [6.07, 6.45) is 2.92. The number of rotatable bonds is 3. The molecule has 0 aliphatic carbocycles. The molecule has 0 bridgehead atoms. The molecule has 1 heterocycles. The van der Waals surface area contributed by atoms with E-state index in [1.807, 2.05) is 32.9 Å². The SMILES string of the molecule is Cc1cc(O)c(C(=O)/C=C/c2cc(C)c(C)cc2C)c(=O)o1. The van der Waals surface area contributed by atoms with Crippen LogP contribution in [0.4, 0.5) is 0 Å². The van der Waals surface area contributed by atoms with E-state index in [9.17, 15) is 14.7 Å². The second-order valence-corrected chi connectivity index (χ2v) is 5.40. The molecule has 0 radical (unpaired) electrons. The Morgan fingerprint density at radius 2 is 1.68 bits per heavy atom. The first-order valence-corrected chi connectivity index (χ1v) is 6.93. The molecule has 4 nitrogen and oxygen atoms in total. The molecule has 0 atom stereocenters. The summed E-state index contributed by atoms with van der Waals surface area (Å²) in [4.78, 5) is 23.8. The van der Waals surface area contributed by atoms with Crippen LogP contribution in [0.2, 0.25) is 0 Å². The van der Waals surface area contributed by atoms with Crippen molar-refractivity contribution in [1.82, 2.24) is 0 Å². The summed E-state index contributed by atoms with van der Waals surface area (Å²) < 4.78 is 4.85. The van der Waals surface area contributed by atoms with Crippen molar-refractivity contribution in [3.63, 3.8) is 0 Å². The van der Waals surface area contributed by atoms with Crippen LogP contribution in [0.15, 0.2) is 33.5 Å². The summed E-state index contributed by atoms with van der Waals surface area (Å²) in [5.74, 6) is -0.683. The molecule has 114 valence electrons.